The van der Waals surface area contributed by atoms with Crippen molar-refractivity contribution in [2.75, 3.05) is 26.3 Å². The molecular formula is C11H23N3O. The third kappa shape index (κ3) is 3.47. The number of hydrogen-bond acceptors (Lipinski definition) is 3. The second kappa shape index (κ2) is 4.94. The quantitative estimate of drug-likeness (QED) is 0.542. The second-order valence-electron chi connectivity index (χ2n) is 5.01. The van der Waals surface area contributed by atoms with Gasteiger partial charge in [0.1, 0.15) is 0 Å². The summed E-state index contributed by atoms with van der Waals surface area (Å²) in [5.41, 5.74) is 5.38. The van der Waals surface area contributed by atoms with E-state index in [1.54, 1.807) is 0 Å². The molecule has 0 bridgehead atoms. The van der Waals surface area contributed by atoms with Crippen LogP contribution in [-0.2, 0) is 4.74 Å². The highest BCUT2D eigenvalue weighted by molar-refractivity contribution is 5.82. The lowest BCUT2D eigenvalue weighted by molar-refractivity contribution is -0.00310. The monoisotopic (exact) mass is 213 g/mol. The summed E-state index contributed by atoms with van der Waals surface area (Å²) in [6.07, 6.45) is 0.937. The van der Waals surface area contributed by atoms with Crippen molar-refractivity contribution in [3.8, 4) is 0 Å². The first-order valence-electron chi connectivity index (χ1n) is 5.60. The van der Waals surface area contributed by atoms with E-state index in [-0.39, 0.29) is 11.3 Å². The first-order valence-corrected chi connectivity index (χ1v) is 5.60. The fourth-order valence-electron chi connectivity index (χ4n) is 1.65. The van der Waals surface area contributed by atoms with Crippen LogP contribution in [0.5, 0.6) is 0 Å². The Morgan fingerprint density at radius 2 is 2.27 bits per heavy atom. The van der Waals surface area contributed by atoms with E-state index in [2.05, 4.69) is 11.8 Å². The number of ether oxygens (including phenoxy) is 1. The fraction of sp³-hybridized carbons (Fsp3) is 0.909. The van der Waals surface area contributed by atoms with Crippen LogP contribution in [0.25, 0.3) is 0 Å². The van der Waals surface area contributed by atoms with Gasteiger partial charge in [0.15, 0.2) is 0 Å². The van der Waals surface area contributed by atoms with Gasteiger partial charge in [0.25, 0.3) is 0 Å². The molecule has 1 fully saturated rings. The highest BCUT2D eigenvalue weighted by atomic mass is 16.5. The molecule has 4 nitrogen and oxygen atoms in total. The Morgan fingerprint density at radius 1 is 1.60 bits per heavy atom. The smallest absolute Gasteiger partial charge is 0.0963 e. The van der Waals surface area contributed by atoms with Crippen LogP contribution in [0.15, 0.2) is 0 Å². The maximum Gasteiger partial charge on any atom is 0.0963 e. The molecule has 0 aliphatic carbocycles. The Labute approximate surface area is 92.3 Å². The predicted octanol–water partition coefficient (Wildman–Crippen LogP) is 1.06. The molecule has 0 aromatic rings. The van der Waals surface area contributed by atoms with E-state index in [9.17, 15) is 0 Å². The molecule has 0 aromatic heterocycles. The van der Waals surface area contributed by atoms with Crippen LogP contribution in [0.1, 0.15) is 27.2 Å². The molecule has 0 amide bonds. The zero-order valence-corrected chi connectivity index (χ0v) is 10.0. The lowest BCUT2D eigenvalue weighted by Gasteiger charge is -2.35. The molecule has 3 N–H and O–H groups in total. The van der Waals surface area contributed by atoms with Gasteiger partial charge in [-0.15, -0.1) is 0 Å². The molecule has 1 aliphatic rings. The molecular weight excluding hydrogens is 190 g/mol. The average molecular weight is 213 g/mol. The van der Waals surface area contributed by atoms with E-state index in [4.69, 9.17) is 15.9 Å². The summed E-state index contributed by atoms with van der Waals surface area (Å²) in [6, 6.07) is 0.488. The van der Waals surface area contributed by atoms with Crippen LogP contribution in [0.3, 0.4) is 0 Å². The van der Waals surface area contributed by atoms with Crippen LogP contribution in [0.4, 0.5) is 0 Å². The van der Waals surface area contributed by atoms with Crippen molar-refractivity contribution < 1.29 is 4.74 Å². The van der Waals surface area contributed by atoms with Crippen molar-refractivity contribution in [2.45, 2.75) is 33.2 Å². The number of rotatable bonds is 4. The summed E-state index contributed by atoms with van der Waals surface area (Å²) in [5.74, 6) is 0.281. The van der Waals surface area contributed by atoms with Gasteiger partial charge in [0.05, 0.1) is 19.0 Å². The summed E-state index contributed by atoms with van der Waals surface area (Å²) < 4.78 is 5.38. The molecule has 1 heterocycles. The van der Waals surface area contributed by atoms with Crippen LogP contribution in [-0.4, -0.2) is 43.1 Å². The summed E-state index contributed by atoms with van der Waals surface area (Å²) in [5, 5.41) is 7.50. The molecule has 88 valence electrons. The highest BCUT2D eigenvalue weighted by Gasteiger charge is 2.25. The van der Waals surface area contributed by atoms with Crippen molar-refractivity contribution in [1.29, 1.82) is 5.41 Å². The molecule has 15 heavy (non-hydrogen) atoms. The summed E-state index contributed by atoms with van der Waals surface area (Å²) >= 11 is 0. The highest BCUT2D eigenvalue weighted by Crippen LogP contribution is 2.21. The van der Waals surface area contributed by atoms with Crippen LogP contribution in [0, 0.1) is 10.8 Å². The van der Waals surface area contributed by atoms with Crippen molar-refractivity contribution >= 4 is 5.84 Å². The van der Waals surface area contributed by atoms with Gasteiger partial charge in [-0.2, -0.15) is 0 Å². The summed E-state index contributed by atoms with van der Waals surface area (Å²) in [6.45, 7) is 9.87. The number of hydrogen-bond donors (Lipinski definition) is 2. The molecule has 1 rings (SSSR count). The zero-order valence-electron chi connectivity index (χ0n) is 10.0. The Balaban J connectivity index is 2.38. The molecule has 1 unspecified atom stereocenters. The summed E-state index contributed by atoms with van der Waals surface area (Å²) in [4.78, 5) is 2.41. The minimum atomic E-state index is -0.183. The maximum atomic E-state index is 7.50. The number of amidine groups is 1. The largest absolute Gasteiger partial charge is 0.387 e. The van der Waals surface area contributed by atoms with Gasteiger partial charge in [-0.25, -0.2) is 0 Å². The first-order chi connectivity index (χ1) is 6.93. The van der Waals surface area contributed by atoms with Crippen molar-refractivity contribution in [3.05, 3.63) is 0 Å². The molecule has 0 aromatic carbocycles. The molecule has 0 spiro atoms. The van der Waals surface area contributed by atoms with Gasteiger partial charge in [-0.1, -0.05) is 13.8 Å². The Morgan fingerprint density at radius 3 is 2.80 bits per heavy atom. The van der Waals surface area contributed by atoms with Crippen molar-refractivity contribution in [3.63, 3.8) is 0 Å². The first kappa shape index (κ1) is 12.5. The molecule has 1 aliphatic heterocycles. The molecule has 4 heteroatoms. The van der Waals surface area contributed by atoms with E-state index in [0.29, 0.717) is 6.04 Å². The van der Waals surface area contributed by atoms with Crippen LogP contribution >= 0.6 is 0 Å². The fourth-order valence-corrected chi connectivity index (χ4v) is 1.65. The van der Waals surface area contributed by atoms with E-state index in [1.807, 2.05) is 13.8 Å². The van der Waals surface area contributed by atoms with Gasteiger partial charge in [0, 0.05) is 18.0 Å². The third-order valence-corrected chi connectivity index (χ3v) is 3.26. The molecule has 1 saturated heterocycles. The lowest BCUT2D eigenvalue weighted by atomic mass is 9.88. The third-order valence-electron chi connectivity index (χ3n) is 3.26. The predicted molar refractivity (Wildman–Crippen MR) is 62.2 cm³/mol. The normalized spacial score (nSPS) is 24.1. The average Bonchev–Trinajstić information content (AvgIpc) is 2.16. The van der Waals surface area contributed by atoms with Gasteiger partial charge >= 0.3 is 0 Å². The lowest BCUT2D eigenvalue weighted by Crippen LogP contribution is -2.45. The van der Waals surface area contributed by atoms with Gasteiger partial charge in [0.2, 0.25) is 0 Å². The second-order valence-corrected chi connectivity index (χ2v) is 5.01. The number of morpholine rings is 1. The SMILES string of the molecule is CC1COCCN1CCC(C)(C)C(=N)N. The van der Waals surface area contributed by atoms with Crippen LogP contribution in [0.2, 0.25) is 0 Å². The molecule has 0 saturated carbocycles. The molecule has 0 radical (unpaired) electrons. The maximum absolute atomic E-state index is 7.50. The minimum Gasteiger partial charge on any atom is -0.387 e. The van der Waals surface area contributed by atoms with Gasteiger partial charge in [-0.05, 0) is 19.9 Å². The van der Waals surface area contributed by atoms with E-state index >= 15 is 0 Å². The Bertz CT molecular complexity index is 228. The molecule has 1 atom stereocenters. The summed E-state index contributed by atoms with van der Waals surface area (Å²) in [7, 11) is 0. The van der Waals surface area contributed by atoms with Crippen LogP contribution < -0.4 is 5.73 Å². The van der Waals surface area contributed by atoms with Crippen molar-refractivity contribution in [2.24, 2.45) is 11.1 Å². The Hall–Kier alpha value is -0.610. The number of nitrogens with two attached hydrogens (primary N) is 1. The van der Waals surface area contributed by atoms with E-state index < -0.39 is 0 Å². The van der Waals surface area contributed by atoms with E-state index in [0.717, 1.165) is 32.7 Å². The van der Waals surface area contributed by atoms with Crippen molar-refractivity contribution in [1.82, 2.24) is 4.90 Å². The number of nitrogens with zero attached hydrogens (tertiary/aromatic N) is 1. The standard InChI is InChI=1S/C11H23N3O/c1-9-8-15-7-6-14(9)5-4-11(2,3)10(12)13/h9H,4-8H2,1-3H3,(H3,12,13). The van der Waals surface area contributed by atoms with Gasteiger partial charge in [-0.3, -0.25) is 10.3 Å². The van der Waals surface area contributed by atoms with E-state index in [1.165, 1.54) is 0 Å². The zero-order chi connectivity index (χ0) is 11.5. The topological polar surface area (TPSA) is 62.3 Å². The number of nitrogens with one attached hydrogen (secondary N) is 1. The Kier molecular flexibility index (Phi) is 4.11. The minimum absolute atomic E-state index is 0.183. The van der Waals surface area contributed by atoms with Gasteiger partial charge < -0.3 is 10.5 Å².